The van der Waals surface area contributed by atoms with Gasteiger partial charge in [-0.1, -0.05) is 15.9 Å². The Bertz CT molecular complexity index is 250. The molecule has 0 atom stereocenters. The predicted octanol–water partition coefficient (Wildman–Crippen LogP) is 2.12. The fourth-order valence-corrected chi connectivity index (χ4v) is 1.39. The van der Waals surface area contributed by atoms with Gasteiger partial charge in [-0.05, 0) is 30.7 Å². The number of benzene rings is 1. The highest BCUT2D eigenvalue weighted by Gasteiger charge is 1.95. The van der Waals surface area contributed by atoms with Crippen LogP contribution in [-0.4, -0.2) is 11.8 Å². The number of rotatable bonds is 2. The zero-order valence-corrected chi connectivity index (χ0v) is 7.85. The van der Waals surface area contributed by atoms with Crippen LogP contribution in [0.25, 0.3) is 0 Å². The van der Waals surface area contributed by atoms with E-state index in [4.69, 9.17) is 5.11 Å². The van der Waals surface area contributed by atoms with Crippen molar-refractivity contribution >= 4 is 21.6 Å². The Morgan fingerprint density at radius 1 is 1.55 bits per heavy atom. The van der Waals surface area contributed by atoms with Gasteiger partial charge in [0.15, 0.2) is 0 Å². The standard InChI is InChI=1S/C8H10BrNO/c1-6-4-7(9)2-3-8(6)10-5-11/h2-4,10-11H,5H2,1H3. The fourth-order valence-electron chi connectivity index (χ4n) is 0.911. The van der Waals surface area contributed by atoms with Crippen LogP contribution in [0.4, 0.5) is 5.69 Å². The molecule has 0 aliphatic carbocycles. The lowest BCUT2D eigenvalue weighted by atomic mass is 10.2. The Kier molecular flexibility index (Phi) is 2.91. The van der Waals surface area contributed by atoms with Gasteiger partial charge in [-0.2, -0.15) is 0 Å². The Balaban J connectivity index is 2.90. The number of nitrogens with one attached hydrogen (secondary N) is 1. The van der Waals surface area contributed by atoms with Crippen molar-refractivity contribution in [2.45, 2.75) is 6.92 Å². The Labute approximate surface area is 74.4 Å². The number of hydrogen-bond acceptors (Lipinski definition) is 2. The highest BCUT2D eigenvalue weighted by molar-refractivity contribution is 9.10. The van der Waals surface area contributed by atoms with Gasteiger partial charge in [-0.15, -0.1) is 0 Å². The molecule has 1 aromatic carbocycles. The minimum absolute atomic E-state index is 0.0253. The molecule has 0 aromatic heterocycles. The molecule has 0 heterocycles. The third-order valence-corrected chi connectivity index (χ3v) is 1.95. The van der Waals surface area contributed by atoms with Gasteiger partial charge in [-0.25, -0.2) is 0 Å². The van der Waals surface area contributed by atoms with Crippen LogP contribution < -0.4 is 5.32 Å². The molecule has 0 unspecified atom stereocenters. The first kappa shape index (κ1) is 8.56. The zero-order chi connectivity index (χ0) is 8.27. The van der Waals surface area contributed by atoms with Gasteiger partial charge in [0.2, 0.25) is 0 Å². The quantitative estimate of drug-likeness (QED) is 0.742. The molecule has 0 aliphatic rings. The SMILES string of the molecule is Cc1cc(Br)ccc1NCO. The van der Waals surface area contributed by atoms with Crippen molar-refractivity contribution in [1.29, 1.82) is 0 Å². The predicted molar refractivity (Wildman–Crippen MR) is 49.6 cm³/mol. The molecule has 1 rings (SSSR count). The van der Waals surface area contributed by atoms with Gasteiger partial charge in [0.25, 0.3) is 0 Å². The van der Waals surface area contributed by atoms with E-state index in [0.29, 0.717) is 0 Å². The Morgan fingerprint density at radius 2 is 2.27 bits per heavy atom. The van der Waals surface area contributed by atoms with Crippen molar-refractivity contribution in [3.63, 3.8) is 0 Å². The summed E-state index contributed by atoms with van der Waals surface area (Å²) in [6.07, 6.45) is 0. The molecular formula is C8H10BrNO. The third kappa shape index (κ3) is 2.20. The summed E-state index contributed by atoms with van der Waals surface area (Å²) in [5.74, 6) is 0. The summed E-state index contributed by atoms with van der Waals surface area (Å²) in [7, 11) is 0. The molecule has 0 fully saturated rings. The maximum absolute atomic E-state index is 8.59. The average Bonchev–Trinajstić information content (AvgIpc) is 1.95. The molecule has 2 N–H and O–H groups in total. The van der Waals surface area contributed by atoms with E-state index in [9.17, 15) is 0 Å². The number of halogens is 1. The molecule has 1 aromatic rings. The molecular weight excluding hydrogens is 206 g/mol. The fraction of sp³-hybridized carbons (Fsp3) is 0.250. The van der Waals surface area contributed by atoms with E-state index in [-0.39, 0.29) is 6.73 Å². The lowest BCUT2D eigenvalue weighted by Crippen LogP contribution is -2.00. The minimum Gasteiger partial charge on any atom is -0.377 e. The highest BCUT2D eigenvalue weighted by Crippen LogP contribution is 2.19. The van der Waals surface area contributed by atoms with Crippen molar-refractivity contribution in [3.05, 3.63) is 28.2 Å². The van der Waals surface area contributed by atoms with Crippen LogP contribution in [0.5, 0.6) is 0 Å². The monoisotopic (exact) mass is 215 g/mol. The van der Waals surface area contributed by atoms with Crippen LogP contribution in [-0.2, 0) is 0 Å². The first-order valence-corrected chi connectivity index (χ1v) is 4.14. The summed E-state index contributed by atoms with van der Waals surface area (Å²) in [5, 5.41) is 11.4. The van der Waals surface area contributed by atoms with E-state index in [1.807, 2.05) is 25.1 Å². The van der Waals surface area contributed by atoms with Gasteiger partial charge in [0.1, 0.15) is 6.73 Å². The molecule has 0 aliphatic heterocycles. The van der Waals surface area contributed by atoms with E-state index in [1.165, 1.54) is 0 Å². The van der Waals surface area contributed by atoms with Crippen LogP contribution in [0, 0.1) is 6.92 Å². The van der Waals surface area contributed by atoms with E-state index < -0.39 is 0 Å². The molecule has 0 saturated carbocycles. The van der Waals surface area contributed by atoms with Gasteiger partial charge >= 0.3 is 0 Å². The smallest absolute Gasteiger partial charge is 0.113 e. The molecule has 2 nitrogen and oxygen atoms in total. The first-order chi connectivity index (χ1) is 5.24. The van der Waals surface area contributed by atoms with Crippen LogP contribution in [0.3, 0.4) is 0 Å². The molecule has 0 amide bonds. The van der Waals surface area contributed by atoms with Crippen LogP contribution >= 0.6 is 15.9 Å². The van der Waals surface area contributed by atoms with E-state index >= 15 is 0 Å². The first-order valence-electron chi connectivity index (χ1n) is 3.35. The van der Waals surface area contributed by atoms with Gasteiger partial charge < -0.3 is 10.4 Å². The van der Waals surface area contributed by atoms with Crippen molar-refractivity contribution in [2.24, 2.45) is 0 Å². The third-order valence-electron chi connectivity index (χ3n) is 1.46. The number of anilines is 1. The van der Waals surface area contributed by atoms with E-state index in [0.717, 1.165) is 15.7 Å². The number of hydrogen-bond donors (Lipinski definition) is 2. The second-order valence-corrected chi connectivity index (χ2v) is 3.21. The Morgan fingerprint density at radius 3 is 2.82 bits per heavy atom. The summed E-state index contributed by atoms with van der Waals surface area (Å²) < 4.78 is 1.05. The maximum atomic E-state index is 8.59. The number of aliphatic hydroxyl groups excluding tert-OH is 1. The summed E-state index contributed by atoms with van der Waals surface area (Å²) in [4.78, 5) is 0. The lowest BCUT2D eigenvalue weighted by Gasteiger charge is -2.05. The van der Waals surface area contributed by atoms with Crippen molar-refractivity contribution in [3.8, 4) is 0 Å². The Hall–Kier alpha value is -0.540. The van der Waals surface area contributed by atoms with Crippen molar-refractivity contribution in [1.82, 2.24) is 0 Å². The molecule has 0 saturated heterocycles. The van der Waals surface area contributed by atoms with Crippen LogP contribution in [0.1, 0.15) is 5.56 Å². The summed E-state index contributed by atoms with van der Waals surface area (Å²) >= 11 is 3.36. The topological polar surface area (TPSA) is 32.3 Å². The summed E-state index contributed by atoms with van der Waals surface area (Å²) in [5.41, 5.74) is 2.09. The molecule has 3 heteroatoms. The van der Waals surface area contributed by atoms with E-state index in [2.05, 4.69) is 21.2 Å². The number of aryl methyl sites for hydroxylation is 1. The van der Waals surface area contributed by atoms with E-state index in [1.54, 1.807) is 0 Å². The molecule has 11 heavy (non-hydrogen) atoms. The highest BCUT2D eigenvalue weighted by atomic mass is 79.9. The van der Waals surface area contributed by atoms with Crippen LogP contribution in [0.2, 0.25) is 0 Å². The van der Waals surface area contributed by atoms with Crippen molar-refractivity contribution < 1.29 is 5.11 Å². The lowest BCUT2D eigenvalue weighted by molar-refractivity contribution is 0.325. The summed E-state index contributed by atoms with van der Waals surface area (Å²) in [6.45, 7) is 1.96. The summed E-state index contributed by atoms with van der Waals surface area (Å²) in [6, 6.07) is 5.86. The van der Waals surface area contributed by atoms with Gasteiger partial charge in [0, 0.05) is 10.2 Å². The maximum Gasteiger partial charge on any atom is 0.113 e. The second-order valence-electron chi connectivity index (χ2n) is 2.29. The molecule has 0 spiro atoms. The van der Waals surface area contributed by atoms with Crippen molar-refractivity contribution in [2.75, 3.05) is 12.0 Å². The molecule has 60 valence electrons. The van der Waals surface area contributed by atoms with Gasteiger partial charge in [0.05, 0.1) is 0 Å². The van der Waals surface area contributed by atoms with Crippen LogP contribution in [0.15, 0.2) is 22.7 Å². The average molecular weight is 216 g/mol. The molecule has 0 bridgehead atoms. The normalized spacial score (nSPS) is 9.73. The molecule has 0 radical (unpaired) electrons. The van der Waals surface area contributed by atoms with Gasteiger partial charge in [-0.3, -0.25) is 0 Å². The minimum atomic E-state index is -0.0253. The second kappa shape index (κ2) is 3.74. The zero-order valence-electron chi connectivity index (χ0n) is 6.26. The number of aliphatic hydroxyl groups is 1. The largest absolute Gasteiger partial charge is 0.377 e.